The first-order valence-corrected chi connectivity index (χ1v) is 8.37. The van der Waals surface area contributed by atoms with Crippen LogP contribution in [0.5, 0.6) is 0 Å². The minimum absolute atomic E-state index is 0.396. The molecule has 4 rings (SSSR count). The van der Waals surface area contributed by atoms with Gasteiger partial charge in [-0.2, -0.15) is 0 Å². The highest BCUT2D eigenvalue weighted by Crippen LogP contribution is 2.35. The lowest BCUT2D eigenvalue weighted by Gasteiger charge is -2.27. The number of amides is 1. The van der Waals surface area contributed by atoms with E-state index in [2.05, 4.69) is 0 Å². The van der Waals surface area contributed by atoms with Crippen LogP contribution in [-0.4, -0.2) is 26.1 Å². The normalized spacial score (nSPS) is 15.6. The van der Waals surface area contributed by atoms with Crippen LogP contribution in [0.2, 0.25) is 0 Å². The lowest BCUT2D eigenvalue weighted by molar-refractivity contribution is 0.149. The summed E-state index contributed by atoms with van der Waals surface area (Å²) in [6.45, 7) is 1.82. The first-order chi connectivity index (χ1) is 12.6. The molecule has 1 atom stereocenters. The van der Waals surface area contributed by atoms with E-state index in [-0.39, 0.29) is 0 Å². The van der Waals surface area contributed by atoms with Crippen molar-refractivity contribution in [3.8, 4) is 22.5 Å². The highest BCUT2D eigenvalue weighted by molar-refractivity contribution is 5.80. The Morgan fingerprint density at radius 2 is 1.46 bits per heavy atom. The zero-order chi connectivity index (χ0) is 18.1. The molecule has 128 valence electrons. The molecule has 1 N–H and O–H groups in total. The Balaban J connectivity index is 1.95. The summed E-state index contributed by atoms with van der Waals surface area (Å²) >= 11 is 0. The first-order valence-electron chi connectivity index (χ1n) is 8.37. The number of carbonyl (C=O) groups is 1. The molecule has 1 unspecified atom stereocenters. The number of hydrogen-bond acceptors (Lipinski definition) is 3. The van der Waals surface area contributed by atoms with Crippen LogP contribution in [0.1, 0.15) is 24.4 Å². The van der Waals surface area contributed by atoms with Gasteiger partial charge >= 0.3 is 6.09 Å². The number of benzene rings is 2. The second-order valence-electron chi connectivity index (χ2n) is 6.10. The third-order valence-corrected chi connectivity index (χ3v) is 4.47. The highest BCUT2D eigenvalue weighted by atomic mass is 16.4. The molecule has 0 saturated heterocycles. The Kier molecular flexibility index (Phi) is 3.97. The van der Waals surface area contributed by atoms with Gasteiger partial charge in [-0.05, 0) is 13.0 Å². The van der Waals surface area contributed by atoms with Crippen molar-refractivity contribution in [2.45, 2.75) is 13.0 Å². The Labute approximate surface area is 151 Å². The fraction of sp³-hybridized carbons (Fsp3) is 0.0952. The van der Waals surface area contributed by atoms with Gasteiger partial charge < -0.3 is 5.11 Å². The van der Waals surface area contributed by atoms with Crippen LogP contribution in [0.4, 0.5) is 4.79 Å². The van der Waals surface area contributed by atoms with Crippen LogP contribution < -0.4 is 0 Å². The maximum Gasteiger partial charge on any atom is 0.411 e. The second-order valence-corrected chi connectivity index (χ2v) is 6.10. The molecule has 1 amide bonds. The van der Waals surface area contributed by atoms with E-state index in [1.165, 1.54) is 4.90 Å². The molecule has 3 aromatic rings. The van der Waals surface area contributed by atoms with E-state index in [9.17, 15) is 9.90 Å². The summed E-state index contributed by atoms with van der Waals surface area (Å²) in [5.41, 5.74) is 4.83. The average molecular weight is 343 g/mol. The number of fused-ring (bicyclic) bond motifs is 1. The van der Waals surface area contributed by atoms with E-state index in [4.69, 9.17) is 9.97 Å². The number of nitrogens with zero attached hydrogens (tertiary/aromatic N) is 3. The second kappa shape index (κ2) is 6.44. The van der Waals surface area contributed by atoms with Crippen LogP contribution in [0.25, 0.3) is 28.6 Å². The molecule has 0 saturated carbocycles. The highest BCUT2D eigenvalue weighted by Gasteiger charge is 2.28. The van der Waals surface area contributed by atoms with Crippen molar-refractivity contribution in [3.63, 3.8) is 0 Å². The molecule has 2 aromatic carbocycles. The minimum atomic E-state index is -1.01. The number of carboxylic acid groups (broad SMARTS) is 1. The predicted molar refractivity (Wildman–Crippen MR) is 100 cm³/mol. The lowest BCUT2D eigenvalue weighted by Crippen LogP contribution is -2.30. The molecular weight excluding hydrogens is 326 g/mol. The van der Waals surface area contributed by atoms with Crippen molar-refractivity contribution >= 4 is 12.2 Å². The summed E-state index contributed by atoms with van der Waals surface area (Å²) in [6, 6.07) is 19.3. The van der Waals surface area contributed by atoms with Crippen molar-refractivity contribution in [3.05, 3.63) is 78.3 Å². The molecule has 26 heavy (non-hydrogen) atoms. The third kappa shape index (κ3) is 2.73. The number of aromatic nitrogens is 2. The van der Waals surface area contributed by atoms with Crippen molar-refractivity contribution in [1.82, 2.24) is 14.9 Å². The molecule has 5 heteroatoms. The largest absolute Gasteiger partial charge is 0.465 e. The van der Waals surface area contributed by atoms with Gasteiger partial charge in [0.25, 0.3) is 0 Å². The summed E-state index contributed by atoms with van der Waals surface area (Å²) < 4.78 is 0. The summed E-state index contributed by atoms with van der Waals surface area (Å²) in [4.78, 5) is 22.4. The SMILES string of the molecule is CC1c2nc(-c3ccccc3)c(-c3ccccc3)nc2C=CN1C(=O)O. The van der Waals surface area contributed by atoms with Gasteiger partial charge in [0.2, 0.25) is 0 Å². The molecule has 0 aliphatic carbocycles. The Morgan fingerprint density at radius 1 is 0.923 bits per heavy atom. The monoisotopic (exact) mass is 343 g/mol. The van der Waals surface area contributed by atoms with Crippen molar-refractivity contribution in [2.75, 3.05) is 0 Å². The summed E-state index contributed by atoms with van der Waals surface area (Å²) in [7, 11) is 0. The molecule has 1 aliphatic rings. The third-order valence-electron chi connectivity index (χ3n) is 4.47. The summed E-state index contributed by atoms with van der Waals surface area (Å²) in [6.07, 6.45) is 2.24. The van der Waals surface area contributed by atoms with E-state index < -0.39 is 12.1 Å². The van der Waals surface area contributed by atoms with Crippen LogP contribution in [0.15, 0.2) is 66.9 Å². The van der Waals surface area contributed by atoms with E-state index >= 15 is 0 Å². The molecule has 2 heterocycles. The van der Waals surface area contributed by atoms with Gasteiger partial charge in [0.1, 0.15) is 0 Å². The molecular formula is C21H17N3O2. The van der Waals surface area contributed by atoms with E-state index in [0.717, 1.165) is 22.5 Å². The quantitative estimate of drug-likeness (QED) is 0.723. The van der Waals surface area contributed by atoms with Crippen molar-refractivity contribution in [1.29, 1.82) is 0 Å². The molecule has 0 bridgehead atoms. The summed E-state index contributed by atoms with van der Waals surface area (Å²) in [5, 5.41) is 9.38. The Hall–Kier alpha value is -3.47. The van der Waals surface area contributed by atoms with Crippen LogP contribution in [-0.2, 0) is 0 Å². The number of hydrogen-bond donors (Lipinski definition) is 1. The van der Waals surface area contributed by atoms with Crippen molar-refractivity contribution < 1.29 is 9.90 Å². The average Bonchev–Trinajstić information content (AvgIpc) is 2.68. The van der Waals surface area contributed by atoms with E-state index in [1.54, 1.807) is 12.3 Å². The number of rotatable bonds is 2. The predicted octanol–water partition coefficient (Wildman–Crippen LogP) is 4.84. The molecule has 1 aromatic heterocycles. The molecule has 5 nitrogen and oxygen atoms in total. The van der Waals surface area contributed by atoms with Gasteiger partial charge in [-0.15, -0.1) is 0 Å². The van der Waals surface area contributed by atoms with Gasteiger partial charge in [-0.1, -0.05) is 60.7 Å². The fourth-order valence-electron chi connectivity index (χ4n) is 3.13. The zero-order valence-electron chi connectivity index (χ0n) is 14.2. The standard InChI is InChI=1S/C21H17N3O2/c1-14-18-17(12-13-24(14)21(25)26)22-19(15-8-4-2-5-9-15)20(23-18)16-10-6-3-7-11-16/h2-14H,1H3,(H,25,26). The van der Waals surface area contributed by atoms with Gasteiger partial charge in [-0.25, -0.2) is 14.8 Å². The molecule has 0 fully saturated rings. The van der Waals surface area contributed by atoms with E-state index in [1.807, 2.05) is 67.6 Å². The fourth-order valence-corrected chi connectivity index (χ4v) is 3.13. The van der Waals surface area contributed by atoms with Gasteiger partial charge in [-0.3, -0.25) is 4.90 Å². The lowest BCUT2D eigenvalue weighted by atomic mass is 10.0. The van der Waals surface area contributed by atoms with E-state index in [0.29, 0.717) is 11.4 Å². The topological polar surface area (TPSA) is 66.3 Å². The summed E-state index contributed by atoms with van der Waals surface area (Å²) in [5.74, 6) is 0. The molecule has 1 aliphatic heterocycles. The van der Waals surface area contributed by atoms with Gasteiger partial charge in [0, 0.05) is 17.3 Å². The maximum atomic E-state index is 11.4. The van der Waals surface area contributed by atoms with Crippen molar-refractivity contribution in [2.24, 2.45) is 0 Å². The Bertz CT molecular complexity index is 985. The smallest absolute Gasteiger partial charge is 0.411 e. The zero-order valence-corrected chi connectivity index (χ0v) is 14.2. The maximum absolute atomic E-state index is 11.4. The first kappa shape index (κ1) is 16.0. The Morgan fingerprint density at radius 3 is 2.00 bits per heavy atom. The molecule has 0 radical (unpaired) electrons. The molecule has 0 spiro atoms. The van der Waals surface area contributed by atoms with Gasteiger partial charge in [0.05, 0.1) is 28.8 Å². The van der Waals surface area contributed by atoms with Gasteiger partial charge in [0.15, 0.2) is 0 Å². The van der Waals surface area contributed by atoms with Crippen LogP contribution in [0.3, 0.4) is 0 Å². The van der Waals surface area contributed by atoms with Crippen LogP contribution in [0, 0.1) is 0 Å². The minimum Gasteiger partial charge on any atom is -0.465 e. The van der Waals surface area contributed by atoms with Crippen LogP contribution >= 0.6 is 0 Å².